The van der Waals surface area contributed by atoms with Gasteiger partial charge < -0.3 is 0 Å². The Morgan fingerprint density at radius 1 is 0.533 bits per heavy atom. The van der Waals surface area contributed by atoms with Crippen molar-refractivity contribution >= 4 is 39.6 Å². The molecular weight excluding hydrogens is 376 g/mol. The van der Waals surface area contributed by atoms with Crippen LogP contribution >= 0.6 is 0 Å². The van der Waals surface area contributed by atoms with E-state index in [0.29, 0.717) is 0 Å². The van der Waals surface area contributed by atoms with Crippen LogP contribution in [0.25, 0.3) is 21.9 Å². The Kier molecular flexibility index (Phi) is 3.81. The van der Waals surface area contributed by atoms with E-state index in [1.54, 1.807) is 0 Å². The van der Waals surface area contributed by atoms with Crippen molar-refractivity contribution in [2.75, 3.05) is 0 Å². The summed E-state index contributed by atoms with van der Waals surface area (Å²) in [6, 6.07) is 43.1. The smallest absolute Gasteiger partial charge is 0.0623 e. The monoisotopic (exact) mass is 398 g/mol. The molecule has 0 aromatic heterocycles. The quantitative estimate of drug-likeness (QED) is 0.377. The third-order valence-corrected chi connectivity index (χ3v) is 11.5. The lowest BCUT2D eigenvalue weighted by Crippen LogP contribution is -2.72. The second-order valence-corrected chi connectivity index (χ2v) is 12.0. The van der Waals surface area contributed by atoms with Gasteiger partial charge in [0.05, 0.1) is 0 Å². The highest BCUT2D eigenvalue weighted by atomic mass is 28.3. The molecule has 5 aromatic carbocycles. The molecule has 0 saturated carbocycles. The van der Waals surface area contributed by atoms with Crippen LogP contribution in [0.5, 0.6) is 0 Å². The molecule has 142 valence electrons. The van der Waals surface area contributed by atoms with E-state index in [2.05, 4.69) is 122 Å². The summed E-state index contributed by atoms with van der Waals surface area (Å²) in [5, 5.41) is 8.62. The lowest BCUT2D eigenvalue weighted by atomic mass is 9.97. The van der Waals surface area contributed by atoms with Gasteiger partial charge in [-0.05, 0) is 49.6 Å². The fraction of sp³-hybridized carbons (Fsp3) is 0.0345. The van der Waals surface area contributed by atoms with E-state index in [1.807, 2.05) is 0 Å². The predicted octanol–water partition coefficient (Wildman–Crippen LogP) is 4.51. The zero-order valence-corrected chi connectivity index (χ0v) is 18.0. The summed E-state index contributed by atoms with van der Waals surface area (Å²) in [6.07, 6.45) is 0. The van der Waals surface area contributed by atoms with Gasteiger partial charge in [-0.2, -0.15) is 0 Å². The van der Waals surface area contributed by atoms with Gasteiger partial charge in [-0.15, -0.1) is 0 Å². The minimum atomic E-state index is -2.36. The molecule has 1 heteroatoms. The molecule has 0 aliphatic carbocycles. The summed E-state index contributed by atoms with van der Waals surface area (Å²) < 4.78 is 0. The molecule has 0 atom stereocenters. The molecule has 0 unspecified atom stereocenters. The first-order valence-electron chi connectivity index (χ1n) is 10.5. The van der Waals surface area contributed by atoms with E-state index >= 15 is 0 Å². The van der Waals surface area contributed by atoms with E-state index < -0.39 is 8.07 Å². The van der Waals surface area contributed by atoms with Gasteiger partial charge in [-0.25, -0.2) is 0 Å². The molecular formula is C29H22Si. The fourth-order valence-corrected chi connectivity index (χ4v) is 10.6. The van der Waals surface area contributed by atoms with Crippen LogP contribution in [0.3, 0.4) is 0 Å². The lowest BCUT2D eigenvalue weighted by molar-refractivity contribution is 1.51. The average Bonchev–Trinajstić information content (AvgIpc) is 3.12. The van der Waals surface area contributed by atoms with Gasteiger partial charge in [-0.3, -0.25) is 0 Å². The van der Waals surface area contributed by atoms with Gasteiger partial charge in [0, 0.05) is 0 Å². The predicted molar refractivity (Wildman–Crippen MR) is 131 cm³/mol. The maximum Gasteiger partial charge on any atom is 0.180 e. The number of fused-ring (bicyclic) bond motifs is 5. The molecule has 0 nitrogen and oxygen atoms in total. The highest BCUT2D eigenvalue weighted by Gasteiger charge is 2.48. The van der Waals surface area contributed by atoms with E-state index in [9.17, 15) is 0 Å². The Balaban J connectivity index is 1.85. The summed E-state index contributed by atoms with van der Waals surface area (Å²) >= 11 is 0. The van der Waals surface area contributed by atoms with E-state index in [-0.39, 0.29) is 0 Å². The average molecular weight is 399 g/mol. The van der Waals surface area contributed by atoms with Crippen molar-refractivity contribution in [3.05, 3.63) is 121 Å². The third-order valence-electron chi connectivity index (χ3n) is 6.60. The molecule has 6 rings (SSSR count). The van der Waals surface area contributed by atoms with Gasteiger partial charge in [0.1, 0.15) is 0 Å². The van der Waals surface area contributed by atoms with Crippen molar-refractivity contribution in [1.29, 1.82) is 0 Å². The maximum atomic E-state index is 2.42. The van der Waals surface area contributed by atoms with Gasteiger partial charge in [0.15, 0.2) is 8.07 Å². The standard InChI is InChI=1S/C29H22Si/c1-21-16-17-22-18-19-28-29(26(22)20-21)25-14-8-9-15-27(25)30(28,23-10-4-2-5-11-23)24-12-6-3-7-13-24/h2-20H,1H3. The summed E-state index contributed by atoms with van der Waals surface area (Å²) in [4.78, 5) is 0. The molecule has 0 N–H and O–H groups in total. The van der Waals surface area contributed by atoms with Gasteiger partial charge in [0.25, 0.3) is 0 Å². The first kappa shape index (κ1) is 17.4. The molecule has 30 heavy (non-hydrogen) atoms. The van der Waals surface area contributed by atoms with Crippen molar-refractivity contribution in [2.24, 2.45) is 0 Å². The van der Waals surface area contributed by atoms with Crippen LogP contribution in [0.15, 0.2) is 115 Å². The SMILES string of the molecule is Cc1ccc2ccc3c(c2c1)-c1ccccc1[Si]3(c1ccccc1)c1ccccc1. The van der Waals surface area contributed by atoms with Crippen LogP contribution in [0, 0.1) is 6.92 Å². The normalized spacial score (nSPS) is 13.8. The first-order chi connectivity index (χ1) is 14.8. The number of aryl methyl sites for hydroxylation is 1. The summed E-state index contributed by atoms with van der Waals surface area (Å²) in [7, 11) is -2.36. The molecule has 0 radical (unpaired) electrons. The van der Waals surface area contributed by atoms with Gasteiger partial charge in [0.2, 0.25) is 0 Å². The zero-order chi connectivity index (χ0) is 20.1. The fourth-order valence-electron chi connectivity index (χ4n) is 5.37. The van der Waals surface area contributed by atoms with E-state index in [0.717, 1.165) is 0 Å². The van der Waals surface area contributed by atoms with Crippen molar-refractivity contribution in [3.8, 4) is 11.1 Å². The minimum absolute atomic E-state index is 1.31. The Morgan fingerprint density at radius 2 is 1.13 bits per heavy atom. The molecule has 1 aliphatic heterocycles. The molecule has 1 aliphatic rings. The van der Waals surface area contributed by atoms with Crippen molar-refractivity contribution in [2.45, 2.75) is 6.92 Å². The topological polar surface area (TPSA) is 0 Å². The largest absolute Gasteiger partial charge is 0.180 e. The van der Waals surface area contributed by atoms with Crippen LogP contribution in [0.2, 0.25) is 0 Å². The molecule has 0 fully saturated rings. The first-order valence-corrected chi connectivity index (χ1v) is 12.5. The minimum Gasteiger partial charge on any atom is -0.0623 e. The van der Waals surface area contributed by atoms with Crippen LogP contribution in [-0.2, 0) is 0 Å². The highest BCUT2D eigenvalue weighted by molar-refractivity contribution is 7.22. The van der Waals surface area contributed by atoms with Gasteiger partial charge >= 0.3 is 0 Å². The molecule has 0 saturated heterocycles. The number of rotatable bonds is 2. The summed E-state index contributed by atoms with van der Waals surface area (Å²) in [6.45, 7) is 2.19. The Bertz CT molecular complexity index is 1350. The van der Waals surface area contributed by atoms with Crippen molar-refractivity contribution < 1.29 is 0 Å². The molecule has 0 bridgehead atoms. The maximum absolute atomic E-state index is 2.42. The molecule has 0 amide bonds. The lowest BCUT2D eigenvalue weighted by Gasteiger charge is -2.31. The second kappa shape index (κ2) is 6.55. The summed E-state index contributed by atoms with van der Waals surface area (Å²) in [5.41, 5.74) is 4.15. The van der Waals surface area contributed by atoms with Crippen LogP contribution in [0.1, 0.15) is 5.56 Å². The molecule has 5 aromatic rings. The molecule has 1 heterocycles. The van der Waals surface area contributed by atoms with Crippen LogP contribution in [-0.4, -0.2) is 8.07 Å². The molecule has 0 spiro atoms. The number of benzene rings is 5. The van der Waals surface area contributed by atoms with E-state index in [4.69, 9.17) is 0 Å². The summed E-state index contributed by atoms with van der Waals surface area (Å²) in [5.74, 6) is 0. The van der Waals surface area contributed by atoms with Crippen LogP contribution < -0.4 is 20.7 Å². The van der Waals surface area contributed by atoms with Crippen LogP contribution in [0.4, 0.5) is 0 Å². The van der Waals surface area contributed by atoms with Crippen molar-refractivity contribution in [1.82, 2.24) is 0 Å². The van der Waals surface area contributed by atoms with E-state index in [1.165, 1.54) is 48.2 Å². The Hall–Kier alpha value is -3.42. The number of hydrogen-bond acceptors (Lipinski definition) is 0. The second-order valence-electron chi connectivity index (χ2n) is 8.24. The Morgan fingerprint density at radius 3 is 1.83 bits per heavy atom. The zero-order valence-electron chi connectivity index (χ0n) is 17.0. The van der Waals surface area contributed by atoms with Crippen molar-refractivity contribution in [3.63, 3.8) is 0 Å². The third kappa shape index (κ3) is 2.27. The Labute approximate surface area is 178 Å². The number of hydrogen-bond donors (Lipinski definition) is 0. The highest BCUT2D eigenvalue weighted by Crippen LogP contribution is 2.34. The van der Waals surface area contributed by atoms with Gasteiger partial charge in [-0.1, -0.05) is 121 Å².